The molecule has 0 aliphatic heterocycles. The van der Waals surface area contributed by atoms with Crippen LogP contribution in [0.3, 0.4) is 0 Å². The van der Waals surface area contributed by atoms with Gasteiger partial charge in [0.2, 0.25) is 0 Å². The summed E-state index contributed by atoms with van der Waals surface area (Å²) in [5, 5.41) is 0. The maximum atomic E-state index is 12.8. The van der Waals surface area contributed by atoms with Crippen LogP contribution in [0.4, 0.5) is 0 Å². The second-order valence-electron chi connectivity index (χ2n) is 7.52. The second kappa shape index (κ2) is 10.0. The summed E-state index contributed by atoms with van der Waals surface area (Å²) >= 11 is 0. The number of benzene rings is 3. The van der Waals surface area contributed by atoms with Crippen LogP contribution in [0.15, 0.2) is 66.7 Å². The highest BCUT2D eigenvalue weighted by Crippen LogP contribution is 2.31. The summed E-state index contributed by atoms with van der Waals surface area (Å²) in [6, 6.07) is 24.1. The number of ether oxygens (including phenoxy) is 4. The summed E-state index contributed by atoms with van der Waals surface area (Å²) in [4.78, 5) is 25.7. The van der Waals surface area contributed by atoms with Crippen molar-refractivity contribution in [1.82, 2.24) is 0 Å². The number of hydrogen-bond acceptors (Lipinski definition) is 6. The Balaban J connectivity index is 1.87. The Kier molecular flexibility index (Phi) is 7.15. The average molecular weight is 432 g/mol. The van der Waals surface area contributed by atoms with Gasteiger partial charge in [0.25, 0.3) is 6.29 Å². The minimum absolute atomic E-state index is 0.302. The van der Waals surface area contributed by atoms with E-state index in [4.69, 9.17) is 18.9 Å². The van der Waals surface area contributed by atoms with Gasteiger partial charge in [-0.2, -0.15) is 0 Å². The second-order valence-corrected chi connectivity index (χ2v) is 7.52. The van der Waals surface area contributed by atoms with E-state index in [2.05, 4.69) is 12.1 Å². The fraction of sp³-hybridized carbons (Fsp3) is 0.231. The first-order chi connectivity index (χ1) is 15.3. The van der Waals surface area contributed by atoms with E-state index in [9.17, 15) is 9.59 Å². The van der Waals surface area contributed by atoms with Gasteiger partial charge in [0, 0.05) is 0 Å². The van der Waals surface area contributed by atoms with Crippen molar-refractivity contribution < 1.29 is 28.5 Å². The van der Waals surface area contributed by atoms with E-state index in [0.717, 1.165) is 0 Å². The first-order valence-corrected chi connectivity index (χ1v) is 9.93. The summed E-state index contributed by atoms with van der Waals surface area (Å²) < 4.78 is 21.6. The van der Waals surface area contributed by atoms with Crippen molar-refractivity contribution in [3.05, 3.63) is 95.6 Å². The molecular weight excluding hydrogens is 408 g/mol. The molecule has 3 aromatic rings. The fourth-order valence-electron chi connectivity index (χ4n) is 2.96. The zero-order valence-corrected chi connectivity index (χ0v) is 18.4. The third kappa shape index (κ3) is 5.27. The highest BCUT2D eigenvalue weighted by atomic mass is 16.7. The molecule has 164 valence electrons. The van der Waals surface area contributed by atoms with Crippen LogP contribution in [0, 0.1) is 12.1 Å². The maximum absolute atomic E-state index is 12.8. The van der Waals surface area contributed by atoms with Crippen molar-refractivity contribution in [3.8, 4) is 11.5 Å². The van der Waals surface area contributed by atoms with Gasteiger partial charge in [-0.15, -0.1) is 0 Å². The zero-order chi connectivity index (χ0) is 23.1. The van der Waals surface area contributed by atoms with Crippen molar-refractivity contribution in [2.45, 2.75) is 25.6 Å². The molecule has 0 spiro atoms. The Morgan fingerprint density at radius 1 is 0.781 bits per heavy atom. The molecule has 0 saturated heterocycles. The molecule has 0 fully saturated rings. The Morgan fingerprint density at radius 3 is 1.62 bits per heavy atom. The molecule has 0 aliphatic rings. The highest BCUT2D eigenvalue weighted by molar-refractivity contribution is 5.91. The molecule has 0 atom stereocenters. The smallest absolute Gasteiger partial charge is 0.341 e. The first kappa shape index (κ1) is 22.9. The average Bonchev–Trinajstić information content (AvgIpc) is 2.84. The number of hydrogen-bond donors (Lipinski definition) is 0. The third-order valence-electron chi connectivity index (χ3n) is 5.01. The molecule has 3 aromatic carbocycles. The zero-order valence-electron chi connectivity index (χ0n) is 18.4. The number of esters is 2. The highest BCUT2D eigenvalue weighted by Gasteiger charge is 2.38. The van der Waals surface area contributed by atoms with Crippen molar-refractivity contribution in [1.29, 1.82) is 0 Å². The monoisotopic (exact) mass is 432 g/mol. The molecule has 32 heavy (non-hydrogen) atoms. The molecule has 2 radical (unpaired) electrons. The lowest BCUT2D eigenvalue weighted by Crippen LogP contribution is -2.41. The van der Waals surface area contributed by atoms with E-state index in [0.29, 0.717) is 28.2 Å². The van der Waals surface area contributed by atoms with Crippen LogP contribution in [-0.4, -0.2) is 32.4 Å². The van der Waals surface area contributed by atoms with Crippen LogP contribution in [-0.2, 0) is 14.9 Å². The van der Waals surface area contributed by atoms with Gasteiger partial charge in [0.1, 0.15) is 11.5 Å². The number of carbonyl (C=O) groups is 2. The standard InChI is InChI=1S/C26H24O6/c1-26(2,20-8-6-5-7-9-20)25(31-23(27)18-10-14-21(29-3)15-11-18)32-24(28)19-12-16-22(30-4)17-13-19/h5-6,9-17,25H,1-4H3. The molecule has 0 saturated carbocycles. The lowest BCUT2D eigenvalue weighted by atomic mass is 9.84. The van der Waals surface area contributed by atoms with Gasteiger partial charge in [-0.05, 0) is 86.1 Å². The molecular formula is C26H24O6. The number of carbonyl (C=O) groups excluding carboxylic acids is 2. The van der Waals surface area contributed by atoms with Crippen LogP contribution >= 0.6 is 0 Å². The molecule has 6 heteroatoms. The largest absolute Gasteiger partial charge is 0.497 e. The summed E-state index contributed by atoms with van der Waals surface area (Å²) in [5.74, 6) is -0.0427. The molecule has 0 unspecified atom stereocenters. The summed E-state index contributed by atoms with van der Waals surface area (Å²) in [7, 11) is 3.08. The Labute approximate surface area is 187 Å². The van der Waals surface area contributed by atoms with E-state index >= 15 is 0 Å². The fourth-order valence-corrected chi connectivity index (χ4v) is 2.96. The van der Waals surface area contributed by atoms with E-state index in [1.807, 2.05) is 0 Å². The normalized spacial score (nSPS) is 11.0. The van der Waals surface area contributed by atoms with E-state index < -0.39 is 23.6 Å². The minimum atomic E-state index is -1.22. The quantitative estimate of drug-likeness (QED) is 0.382. The molecule has 0 N–H and O–H groups in total. The van der Waals surface area contributed by atoms with Crippen molar-refractivity contribution >= 4 is 11.9 Å². The molecule has 0 aliphatic carbocycles. The van der Waals surface area contributed by atoms with Crippen molar-refractivity contribution in [2.24, 2.45) is 0 Å². The van der Waals surface area contributed by atoms with E-state index in [-0.39, 0.29) is 0 Å². The van der Waals surface area contributed by atoms with Crippen LogP contribution in [0.25, 0.3) is 0 Å². The molecule has 0 aromatic heterocycles. The summed E-state index contributed by atoms with van der Waals surface area (Å²) in [6.07, 6.45) is -1.22. The Morgan fingerprint density at radius 2 is 1.25 bits per heavy atom. The van der Waals surface area contributed by atoms with Gasteiger partial charge < -0.3 is 18.9 Å². The lowest BCUT2D eigenvalue weighted by Gasteiger charge is -2.33. The van der Waals surface area contributed by atoms with Gasteiger partial charge in [-0.3, -0.25) is 0 Å². The Hall–Kier alpha value is -3.80. The minimum Gasteiger partial charge on any atom is -0.497 e. The number of rotatable bonds is 8. The van der Waals surface area contributed by atoms with Gasteiger partial charge in [0.05, 0.1) is 30.8 Å². The van der Waals surface area contributed by atoms with Crippen LogP contribution < -0.4 is 9.47 Å². The van der Waals surface area contributed by atoms with Crippen LogP contribution in [0.1, 0.15) is 40.1 Å². The predicted octanol–water partition coefficient (Wildman–Crippen LogP) is 4.62. The van der Waals surface area contributed by atoms with Gasteiger partial charge in [-0.25, -0.2) is 9.59 Å². The van der Waals surface area contributed by atoms with Gasteiger partial charge in [0.15, 0.2) is 0 Å². The van der Waals surface area contributed by atoms with E-state index in [1.165, 1.54) is 14.2 Å². The number of methoxy groups -OCH3 is 2. The van der Waals surface area contributed by atoms with E-state index in [1.54, 1.807) is 80.6 Å². The lowest BCUT2D eigenvalue weighted by molar-refractivity contribution is -0.113. The molecule has 3 rings (SSSR count). The Bertz CT molecular complexity index is 978. The topological polar surface area (TPSA) is 71.1 Å². The van der Waals surface area contributed by atoms with Gasteiger partial charge in [-0.1, -0.05) is 12.1 Å². The molecule has 0 amide bonds. The first-order valence-electron chi connectivity index (χ1n) is 9.93. The van der Waals surface area contributed by atoms with Crippen LogP contribution in [0.2, 0.25) is 0 Å². The molecule has 0 bridgehead atoms. The summed E-state index contributed by atoms with van der Waals surface area (Å²) in [5.41, 5.74) is 0.378. The SMILES string of the molecule is COc1ccc(C(=O)OC(OC(=O)c2ccc(OC)cc2)C(C)(C)c2[c]cc[c]c2)cc1. The predicted molar refractivity (Wildman–Crippen MR) is 118 cm³/mol. The van der Waals surface area contributed by atoms with Crippen LogP contribution in [0.5, 0.6) is 11.5 Å². The maximum Gasteiger partial charge on any atom is 0.341 e. The van der Waals surface area contributed by atoms with Gasteiger partial charge >= 0.3 is 11.9 Å². The van der Waals surface area contributed by atoms with Crippen molar-refractivity contribution in [2.75, 3.05) is 14.2 Å². The molecule has 6 nitrogen and oxygen atoms in total. The molecule has 0 heterocycles. The third-order valence-corrected chi connectivity index (χ3v) is 5.01. The van der Waals surface area contributed by atoms with Crippen molar-refractivity contribution in [3.63, 3.8) is 0 Å². The summed E-state index contributed by atoms with van der Waals surface area (Å²) in [6.45, 7) is 3.61.